The molecule has 94 valence electrons. The zero-order chi connectivity index (χ0) is 13.4. The lowest BCUT2D eigenvalue weighted by molar-refractivity contribution is 0.489. The van der Waals surface area contributed by atoms with Crippen molar-refractivity contribution in [2.24, 2.45) is 0 Å². The third kappa shape index (κ3) is 1.74. The van der Waals surface area contributed by atoms with Gasteiger partial charge in [0.25, 0.3) is 0 Å². The Morgan fingerprint density at radius 3 is 2.74 bits per heavy atom. The molecule has 4 N–H and O–H groups in total. The lowest BCUT2D eigenvalue weighted by Gasteiger charge is -2.10. The summed E-state index contributed by atoms with van der Waals surface area (Å²) in [5, 5.41) is 1.65. The highest BCUT2D eigenvalue weighted by atomic mass is 16.5. The maximum absolute atomic E-state index is 6.24. The number of benzene rings is 2. The molecule has 0 saturated carbocycles. The van der Waals surface area contributed by atoms with Crippen molar-refractivity contribution >= 4 is 33.2 Å². The van der Waals surface area contributed by atoms with Crippen LogP contribution in [0.15, 0.2) is 49.2 Å². The number of pyridine rings is 1. The fourth-order valence-electron chi connectivity index (χ4n) is 2.20. The lowest BCUT2D eigenvalue weighted by atomic mass is 10.1. The molecule has 0 spiro atoms. The Balaban J connectivity index is 2.46. The summed E-state index contributed by atoms with van der Waals surface area (Å²) in [6.45, 7) is 3.57. The number of ether oxygens (including phenoxy) is 1. The van der Waals surface area contributed by atoms with Crippen LogP contribution in [0.4, 0.5) is 11.4 Å². The zero-order valence-electron chi connectivity index (χ0n) is 10.3. The summed E-state index contributed by atoms with van der Waals surface area (Å²) in [5.74, 6) is 0.649. The maximum atomic E-state index is 6.24. The first-order chi connectivity index (χ1) is 9.20. The van der Waals surface area contributed by atoms with Crippen molar-refractivity contribution < 1.29 is 4.74 Å². The molecule has 0 bridgehead atoms. The van der Waals surface area contributed by atoms with Gasteiger partial charge in [-0.25, -0.2) is 4.98 Å². The summed E-state index contributed by atoms with van der Waals surface area (Å²) in [4.78, 5) is 4.57. The quantitative estimate of drug-likeness (QED) is 0.417. The first-order valence-corrected chi connectivity index (χ1v) is 5.85. The van der Waals surface area contributed by atoms with Crippen LogP contribution in [0.1, 0.15) is 0 Å². The molecule has 3 rings (SSSR count). The summed E-state index contributed by atoms with van der Waals surface area (Å²) in [6.07, 6.45) is 1.38. The van der Waals surface area contributed by atoms with Gasteiger partial charge >= 0.3 is 0 Å². The smallest absolute Gasteiger partial charge is 0.137 e. The Morgan fingerprint density at radius 2 is 1.95 bits per heavy atom. The predicted molar refractivity (Wildman–Crippen MR) is 78.9 cm³/mol. The Bertz CT molecular complexity index is 796. The normalized spacial score (nSPS) is 10.7. The van der Waals surface area contributed by atoms with E-state index in [1.807, 2.05) is 36.4 Å². The van der Waals surface area contributed by atoms with Crippen LogP contribution in [0.2, 0.25) is 0 Å². The first-order valence-electron chi connectivity index (χ1n) is 5.85. The van der Waals surface area contributed by atoms with Gasteiger partial charge < -0.3 is 16.2 Å². The van der Waals surface area contributed by atoms with E-state index in [1.54, 1.807) is 0 Å². The number of rotatable bonds is 2. The van der Waals surface area contributed by atoms with E-state index in [2.05, 4.69) is 11.6 Å². The van der Waals surface area contributed by atoms with Crippen molar-refractivity contribution in [1.29, 1.82) is 0 Å². The molecule has 4 heteroatoms. The fourth-order valence-corrected chi connectivity index (χ4v) is 2.20. The van der Waals surface area contributed by atoms with Crippen molar-refractivity contribution in [2.75, 3.05) is 11.5 Å². The number of nitrogens with zero attached hydrogens (tertiary/aromatic N) is 1. The van der Waals surface area contributed by atoms with Crippen LogP contribution < -0.4 is 16.2 Å². The van der Waals surface area contributed by atoms with Crippen LogP contribution in [0.25, 0.3) is 21.8 Å². The highest BCUT2D eigenvalue weighted by molar-refractivity contribution is 6.09. The van der Waals surface area contributed by atoms with E-state index in [0.717, 1.165) is 21.8 Å². The molecule has 0 aliphatic carbocycles. The average molecular weight is 251 g/mol. The van der Waals surface area contributed by atoms with Gasteiger partial charge in [0.05, 0.1) is 28.4 Å². The second-order valence-corrected chi connectivity index (χ2v) is 4.24. The van der Waals surface area contributed by atoms with Gasteiger partial charge in [0.1, 0.15) is 5.75 Å². The highest BCUT2D eigenvalue weighted by Crippen LogP contribution is 2.35. The molecule has 0 unspecified atom stereocenters. The van der Waals surface area contributed by atoms with Crippen molar-refractivity contribution in [3.05, 3.63) is 49.2 Å². The minimum Gasteiger partial charge on any atom is -0.465 e. The Morgan fingerprint density at radius 1 is 1.11 bits per heavy atom. The summed E-state index contributed by atoms with van der Waals surface area (Å²) in [6, 6.07) is 11.1. The Labute approximate surface area is 110 Å². The van der Waals surface area contributed by atoms with Gasteiger partial charge in [-0.05, 0) is 30.3 Å². The number of nitrogens with two attached hydrogens (primary N) is 2. The standard InChI is InChI=1S/C15H13N3O/c1-2-19-13-5-3-4-11-14(13)15(17)10-7-6-9(16)8-12(10)18-11/h2-8H,1,16H2,(H2,17,18). The van der Waals surface area contributed by atoms with Gasteiger partial charge in [-0.2, -0.15) is 0 Å². The van der Waals surface area contributed by atoms with Gasteiger partial charge in [0.2, 0.25) is 0 Å². The molecule has 3 aromatic rings. The summed E-state index contributed by atoms with van der Waals surface area (Å²) in [7, 11) is 0. The third-order valence-electron chi connectivity index (χ3n) is 3.04. The van der Waals surface area contributed by atoms with Crippen molar-refractivity contribution in [2.45, 2.75) is 0 Å². The molecular formula is C15H13N3O. The number of aromatic nitrogens is 1. The van der Waals surface area contributed by atoms with Crippen molar-refractivity contribution in [3.8, 4) is 5.75 Å². The molecule has 0 amide bonds. The van der Waals surface area contributed by atoms with Crippen LogP contribution in [0.5, 0.6) is 5.75 Å². The van der Waals surface area contributed by atoms with E-state index in [1.165, 1.54) is 6.26 Å². The van der Waals surface area contributed by atoms with E-state index in [9.17, 15) is 0 Å². The van der Waals surface area contributed by atoms with Gasteiger partial charge in [0.15, 0.2) is 0 Å². The molecule has 0 saturated heterocycles. The third-order valence-corrected chi connectivity index (χ3v) is 3.04. The first kappa shape index (κ1) is 11.3. The van der Waals surface area contributed by atoms with Crippen molar-refractivity contribution in [3.63, 3.8) is 0 Å². The SMILES string of the molecule is C=COc1cccc2nc3cc(N)ccc3c(N)c12. The van der Waals surface area contributed by atoms with Crippen LogP contribution in [-0.4, -0.2) is 4.98 Å². The van der Waals surface area contributed by atoms with Gasteiger partial charge in [0, 0.05) is 11.1 Å². The minimum absolute atomic E-state index is 0.637. The second-order valence-electron chi connectivity index (χ2n) is 4.24. The van der Waals surface area contributed by atoms with E-state index in [-0.39, 0.29) is 0 Å². The summed E-state index contributed by atoms with van der Waals surface area (Å²) < 4.78 is 5.39. The molecule has 1 heterocycles. The average Bonchev–Trinajstić information content (AvgIpc) is 2.38. The lowest BCUT2D eigenvalue weighted by Crippen LogP contribution is -1.96. The van der Waals surface area contributed by atoms with Crippen LogP contribution >= 0.6 is 0 Å². The van der Waals surface area contributed by atoms with Crippen LogP contribution in [0, 0.1) is 0 Å². The highest BCUT2D eigenvalue weighted by Gasteiger charge is 2.10. The molecule has 19 heavy (non-hydrogen) atoms. The number of hydrogen-bond donors (Lipinski definition) is 2. The summed E-state index contributed by atoms with van der Waals surface area (Å²) >= 11 is 0. The van der Waals surface area contributed by atoms with E-state index in [4.69, 9.17) is 16.2 Å². The predicted octanol–water partition coefficient (Wildman–Crippen LogP) is 3.07. The Hall–Kier alpha value is -2.75. The number of hydrogen-bond acceptors (Lipinski definition) is 4. The van der Waals surface area contributed by atoms with E-state index in [0.29, 0.717) is 17.1 Å². The molecule has 0 aliphatic heterocycles. The van der Waals surface area contributed by atoms with Gasteiger partial charge in [-0.1, -0.05) is 12.6 Å². The molecule has 0 radical (unpaired) electrons. The van der Waals surface area contributed by atoms with Crippen LogP contribution in [0.3, 0.4) is 0 Å². The Kier molecular flexibility index (Phi) is 2.49. The van der Waals surface area contributed by atoms with Crippen molar-refractivity contribution in [1.82, 2.24) is 4.98 Å². The van der Waals surface area contributed by atoms with E-state index < -0.39 is 0 Å². The molecule has 2 aromatic carbocycles. The molecule has 0 atom stereocenters. The molecule has 0 aliphatic rings. The zero-order valence-corrected chi connectivity index (χ0v) is 10.3. The topological polar surface area (TPSA) is 74.2 Å². The molecule has 0 fully saturated rings. The molecular weight excluding hydrogens is 238 g/mol. The number of anilines is 2. The fraction of sp³-hybridized carbons (Fsp3) is 0. The van der Waals surface area contributed by atoms with E-state index >= 15 is 0 Å². The van der Waals surface area contributed by atoms with Crippen LogP contribution in [-0.2, 0) is 0 Å². The number of fused-ring (bicyclic) bond motifs is 2. The second kappa shape index (κ2) is 4.17. The summed E-state index contributed by atoms with van der Waals surface area (Å²) in [5.41, 5.74) is 14.9. The maximum Gasteiger partial charge on any atom is 0.137 e. The largest absolute Gasteiger partial charge is 0.465 e. The van der Waals surface area contributed by atoms with Gasteiger partial charge in [-0.15, -0.1) is 0 Å². The van der Waals surface area contributed by atoms with Gasteiger partial charge in [-0.3, -0.25) is 0 Å². The minimum atomic E-state index is 0.637. The molecule has 1 aromatic heterocycles. The number of nitrogen functional groups attached to an aromatic ring is 2. The monoisotopic (exact) mass is 251 g/mol. The molecule has 4 nitrogen and oxygen atoms in total.